The molecule has 2 aromatic heterocycles. The summed E-state index contributed by atoms with van der Waals surface area (Å²) in [4.78, 5) is 20.3. The van der Waals surface area contributed by atoms with E-state index in [0.717, 1.165) is 16.9 Å². The highest BCUT2D eigenvalue weighted by Gasteiger charge is 2.25. The summed E-state index contributed by atoms with van der Waals surface area (Å²) in [6, 6.07) is 9.87. The van der Waals surface area contributed by atoms with Gasteiger partial charge in [0.15, 0.2) is 11.6 Å². The Labute approximate surface area is 156 Å². The molecule has 3 aromatic rings. The van der Waals surface area contributed by atoms with Crippen molar-refractivity contribution in [2.24, 2.45) is 0 Å². The van der Waals surface area contributed by atoms with Crippen LogP contribution in [0.1, 0.15) is 36.9 Å². The third-order valence-electron chi connectivity index (χ3n) is 4.35. The van der Waals surface area contributed by atoms with E-state index in [2.05, 4.69) is 36.1 Å². The predicted molar refractivity (Wildman–Crippen MR) is 105 cm³/mol. The lowest BCUT2D eigenvalue weighted by molar-refractivity contribution is -0.114. The largest absolute Gasteiger partial charge is 0.324 e. The summed E-state index contributed by atoms with van der Waals surface area (Å²) in [6.45, 7) is 3.46. The molecule has 4 rings (SSSR count). The van der Waals surface area contributed by atoms with Crippen LogP contribution < -0.4 is 16.0 Å². The molecule has 1 fully saturated rings. The smallest absolute Gasteiger partial charge is 0.229 e. The van der Waals surface area contributed by atoms with E-state index in [1.807, 2.05) is 37.3 Å². The minimum Gasteiger partial charge on any atom is -0.324 e. The zero-order valence-corrected chi connectivity index (χ0v) is 15.2. The number of carbonyl (C=O) groups is 1. The van der Waals surface area contributed by atoms with Crippen molar-refractivity contribution in [2.75, 3.05) is 16.0 Å². The Kier molecular flexibility index (Phi) is 4.45. The van der Waals surface area contributed by atoms with Crippen LogP contribution >= 0.6 is 0 Å². The number of para-hydroxylation sites is 1. The number of nitrogens with zero attached hydrogens (tertiary/aromatic N) is 3. The Morgan fingerprint density at radius 1 is 1.19 bits per heavy atom. The molecule has 0 saturated heterocycles. The molecule has 0 radical (unpaired) electrons. The van der Waals surface area contributed by atoms with E-state index >= 15 is 0 Å². The second kappa shape index (κ2) is 7.06. The molecule has 1 aromatic carbocycles. The summed E-state index contributed by atoms with van der Waals surface area (Å²) in [5, 5.41) is 16.5. The number of aromatic amines is 1. The second-order valence-electron chi connectivity index (χ2n) is 6.68. The minimum absolute atomic E-state index is 0.193. The number of amides is 1. The molecule has 0 unspecified atom stereocenters. The van der Waals surface area contributed by atoms with Crippen LogP contribution in [-0.4, -0.2) is 26.1 Å². The van der Waals surface area contributed by atoms with Crippen molar-refractivity contribution in [3.8, 4) is 0 Å². The molecule has 0 aliphatic heterocycles. The van der Waals surface area contributed by atoms with Crippen molar-refractivity contribution in [2.45, 2.75) is 32.6 Å². The molecule has 8 heteroatoms. The predicted octanol–water partition coefficient (Wildman–Crippen LogP) is 3.83. The Morgan fingerprint density at radius 3 is 2.74 bits per heavy atom. The highest BCUT2D eigenvalue weighted by Crippen LogP contribution is 2.39. The number of carbonyl (C=O) groups excluding carboxylic acids is 1. The molecule has 0 bridgehead atoms. The molecule has 4 N–H and O–H groups in total. The first-order valence-electron chi connectivity index (χ1n) is 8.88. The first kappa shape index (κ1) is 17.0. The number of benzene rings is 1. The van der Waals surface area contributed by atoms with Gasteiger partial charge in [-0.05, 0) is 31.4 Å². The lowest BCUT2D eigenvalue weighted by atomic mass is 10.2. The third kappa shape index (κ3) is 4.05. The zero-order valence-electron chi connectivity index (χ0n) is 15.2. The van der Waals surface area contributed by atoms with Crippen LogP contribution in [0.3, 0.4) is 0 Å². The van der Waals surface area contributed by atoms with Gasteiger partial charge < -0.3 is 16.0 Å². The SMILES string of the molecule is CC(=O)Nc1cnc(Nc2ccccc2C)nc1Nc1cc(C2CC2)[nH]n1. The summed E-state index contributed by atoms with van der Waals surface area (Å²) < 4.78 is 0. The summed E-state index contributed by atoms with van der Waals surface area (Å²) in [5.41, 5.74) is 3.62. The topological polar surface area (TPSA) is 108 Å². The van der Waals surface area contributed by atoms with Crippen LogP contribution in [0.4, 0.5) is 29.0 Å². The van der Waals surface area contributed by atoms with Gasteiger partial charge in [-0.3, -0.25) is 9.89 Å². The van der Waals surface area contributed by atoms with E-state index in [1.165, 1.54) is 19.8 Å². The molecule has 2 heterocycles. The van der Waals surface area contributed by atoms with Crippen LogP contribution in [0, 0.1) is 6.92 Å². The molecular weight excluding hydrogens is 342 g/mol. The number of rotatable bonds is 6. The van der Waals surface area contributed by atoms with Crippen molar-refractivity contribution in [3.63, 3.8) is 0 Å². The van der Waals surface area contributed by atoms with Crippen LogP contribution in [-0.2, 0) is 4.79 Å². The fourth-order valence-electron chi connectivity index (χ4n) is 2.78. The van der Waals surface area contributed by atoms with Crippen molar-refractivity contribution >= 4 is 34.9 Å². The Balaban J connectivity index is 1.61. The Bertz CT molecular complexity index is 978. The average molecular weight is 363 g/mol. The molecule has 1 amide bonds. The number of anilines is 5. The van der Waals surface area contributed by atoms with Crippen LogP contribution in [0.5, 0.6) is 0 Å². The fourth-order valence-corrected chi connectivity index (χ4v) is 2.78. The number of hydrogen-bond donors (Lipinski definition) is 4. The normalized spacial score (nSPS) is 13.3. The first-order valence-corrected chi connectivity index (χ1v) is 8.88. The Morgan fingerprint density at radius 2 is 2.00 bits per heavy atom. The standard InChI is InChI=1S/C19H21N7O/c1-11-5-3-4-6-14(11)22-19-20-10-16(21-12(2)27)18(24-19)23-17-9-15(25-26-17)13-7-8-13/h3-6,9-10,13H,7-8H2,1-2H3,(H,21,27)(H3,20,22,23,24,25,26). The fraction of sp³-hybridized carbons (Fsp3) is 0.263. The van der Waals surface area contributed by atoms with Gasteiger partial charge in [-0.25, -0.2) is 4.98 Å². The third-order valence-corrected chi connectivity index (χ3v) is 4.35. The van der Waals surface area contributed by atoms with Gasteiger partial charge in [0.05, 0.1) is 6.20 Å². The van der Waals surface area contributed by atoms with Gasteiger partial charge in [0.2, 0.25) is 11.9 Å². The number of nitrogens with one attached hydrogen (secondary N) is 4. The summed E-state index contributed by atoms with van der Waals surface area (Å²) >= 11 is 0. The maximum atomic E-state index is 11.5. The first-order chi connectivity index (χ1) is 13.1. The molecule has 0 spiro atoms. The van der Waals surface area contributed by atoms with E-state index in [-0.39, 0.29) is 5.91 Å². The molecule has 0 atom stereocenters. The summed E-state index contributed by atoms with van der Waals surface area (Å²) in [6.07, 6.45) is 3.96. The Hall–Kier alpha value is -3.42. The summed E-state index contributed by atoms with van der Waals surface area (Å²) in [5.74, 6) is 1.95. The van der Waals surface area contributed by atoms with E-state index in [0.29, 0.717) is 29.2 Å². The van der Waals surface area contributed by atoms with Crippen molar-refractivity contribution < 1.29 is 4.79 Å². The summed E-state index contributed by atoms with van der Waals surface area (Å²) in [7, 11) is 0. The molecule has 138 valence electrons. The molecule has 1 aliphatic carbocycles. The lowest BCUT2D eigenvalue weighted by Crippen LogP contribution is -2.11. The molecule has 27 heavy (non-hydrogen) atoms. The average Bonchev–Trinajstić information content (AvgIpc) is 3.38. The number of hydrogen-bond acceptors (Lipinski definition) is 6. The maximum absolute atomic E-state index is 11.5. The van der Waals surface area contributed by atoms with E-state index < -0.39 is 0 Å². The van der Waals surface area contributed by atoms with Crippen LogP contribution in [0.2, 0.25) is 0 Å². The van der Waals surface area contributed by atoms with Gasteiger partial charge >= 0.3 is 0 Å². The van der Waals surface area contributed by atoms with Crippen LogP contribution in [0.15, 0.2) is 36.5 Å². The van der Waals surface area contributed by atoms with Gasteiger partial charge in [-0.2, -0.15) is 10.1 Å². The van der Waals surface area contributed by atoms with E-state index in [4.69, 9.17) is 0 Å². The van der Waals surface area contributed by atoms with Gasteiger partial charge in [0.25, 0.3) is 0 Å². The molecule has 8 nitrogen and oxygen atoms in total. The lowest BCUT2D eigenvalue weighted by Gasteiger charge is -2.12. The van der Waals surface area contributed by atoms with Crippen molar-refractivity contribution in [1.82, 2.24) is 20.2 Å². The maximum Gasteiger partial charge on any atom is 0.229 e. The second-order valence-corrected chi connectivity index (χ2v) is 6.68. The van der Waals surface area contributed by atoms with Crippen LogP contribution in [0.25, 0.3) is 0 Å². The molecule has 1 aliphatic rings. The zero-order chi connectivity index (χ0) is 18.8. The number of aryl methyl sites for hydroxylation is 1. The van der Waals surface area contributed by atoms with Gasteiger partial charge in [-0.1, -0.05) is 18.2 Å². The van der Waals surface area contributed by atoms with Crippen molar-refractivity contribution in [1.29, 1.82) is 0 Å². The monoisotopic (exact) mass is 363 g/mol. The van der Waals surface area contributed by atoms with Gasteiger partial charge in [-0.15, -0.1) is 0 Å². The number of aromatic nitrogens is 4. The van der Waals surface area contributed by atoms with Gasteiger partial charge in [0.1, 0.15) is 5.69 Å². The minimum atomic E-state index is -0.193. The highest BCUT2D eigenvalue weighted by atomic mass is 16.1. The van der Waals surface area contributed by atoms with E-state index in [1.54, 1.807) is 6.20 Å². The molecular formula is C19H21N7O. The van der Waals surface area contributed by atoms with E-state index in [9.17, 15) is 4.79 Å². The molecule has 1 saturated carbocycles. The van der Waals surface area contributed by atoms with Crippen molar-refractivity contribution in [3.05, 3.63) is 47.8 Å². The number of H-pyrrole nitrogens is 1. The quantitative estimate of drug-likeness (QED) is 0.530. The highest BCUT2D eigenvalue weighted by molar-refractivity contribution is 5.92. The van der Waals surface area contributed by atoms with Gasteiger partial charge in [0, 0.05) is 30.3 Å².